The van der Waals surface area contributed by atoms with Gasteiger partial charge in [-0.1, -0.05) is 184 Å². The Morgan fingerprint density at radius 3 is 1.24 bits per heavy atom. The number of hydrogen-bond acceptors (Lipinski definition) is 7. The Balaban J connectivity index is 3.98. The van der Waals surface area contributed by atoms with E-state index in [0.717, 1.165) is 84.2 Å². The molecule has 0 rings (SSSR count). The number of rotatable bonds is 44. The summed E-state index contributed by atoms with van der Waals surface area (Å²) in [6, 6.07) is 0. The minimum atomic E-state index is -4.27. The molecule has 1 N–H and O–H groups in total. The molecule has 0 aliphatic carbocycles. The van der Waals surface area contributed by atoms with Crippen LogP contribution in [0.15, 0.2) is 60.8 Å². The standard InChI is InChI=1S/C50H89O8P/c1-4-6-8-10-12-14-16-18-20-22-24-25-27-28-30-32-34-36-38-40-42-44-49(51)56-46-48(47-57-59(53,54)55-3)58-50(52)45-43-41-39-37-35-33-31-29-26-23-21-19-17-15-13-11-9-7-5-2/h13,15-16,18-19,21-22,24,26,29,48H,4-12,14,17,20,23,25,27-28,30-47H2,1-3H3,(H,53,54)/b15-13-,18-16-,21-19-,24-22-,29-26-. The number of carbonyl (C=O) groups excluding carboxylic acids is 2. The SMILES string of the molecule is CCCCC/C=C\C/C=C\C/C=C\CCCCCCCCC(=O)OC(COC(=O)CCCCCCCCCCC/C=C\C/C=C\CCCCCCC)COP(=O)(O)OC. The van der Waals surface area contributed by atoms with Crippen LogP contribution in [-0.4, -0.2) is 43.3 Å². The fourth-order valence-corrected chi connectivity index (χ4v) is 6.98. The minimum absolute atomic E-state index is 0.227. The van der Waals surface area contributed by atoms with Gasteiger partial charge in [0.15, 0.2) is 6.10 Å². The molecule has 0 saturated carbocycles. The average molecular weight is 849 g/mol. The van der Waals surface area contributed by atoms with Gasteiger partial charge in [-0.2, -0.15) is 0 Å². The molecule has 0 aromatic carbocycles. The molecule has 0 aliphatic heterocycles. The molecule has 59 heavy (non-hydrogen) atoms. The number of ether oxygens (including phenoxy) is 2. The second kappa shape index (κ2) is 45.3. The molecule has 0 radical (unpaired) electrons. The zero-order chi connectivity index (χ0) is 43.2. The Kier molecular flexibility index (Phi) is 43.6. The van der Waals surface area contributed by atoms with Crippen LogP contribution < -0.4 is 0 Å². The molecule has 0 heterocycles. The number of phosphoric acid groups is 1. The van der Waals surface area contributed by atoms with Gasteiger partial charge in [0.05, 0.1) is 6.61 Å². The van der Waals surface area contributed by atoms with E-state index in [4.69, 9.17) is 14.0 Å². The first-order valence-electron chi connectivity index (χ1n) is 24.0. The van der Waals surface area contributed by atoms with Crippen LogP contribution in [0, 0.1) is 0 Å². The van der Waals surface area contributed by atoms with Crippen LogP contribution in [0.4, 0.5) is 0 Å². The van der Waals surface area contributed by atoms with Gasteiger partial charge in [-0.05, 0) is 83.5 Å². The normalized spacial score (nSPS) is 13.8. The highest BCUT2D eigenvalue weighted by atomic mass is 31.2. The predicted octanol–water partition coefficient (Wildman–Crippen LogP) is 15.5. The third-order valence-corrected chi connectivity index (χ3v) is 11.2. The lowest BCUT2D eigenvalue weighted by Crippen LogP contribution is -2.29. The van der Waals surface area contributed by atoms with Gasteiger partial charge in [0.25, 0.3) is 0 Å². The van der Waals surface area contributed by atoms with Gasteiger partial charge >= 0.3 is 19.8 Å². The van der Waals surface area contributed by atoms with E-state index >= 15 is 0 Å². The summed E-state index contributed by atoms with van der Waals surface area (Å²) in [5, 5.41) is 0. The van der Waals surface area contributed by atoms with Crippen LogP contribution in [0.2, 0.25) is 0 Å². The Morgan fingerprint density at radius 2 is 0.814 bits per heavy atom. The fourth-order valence-electron chi connectivity index (χ4n) is 6.52. The first-order valence-corrected chi connectivity index (χ1v) is 25.5. The van der Waals surface area contributed by atoms with Gasteiger partial charge in [-0.25, -0.2) is 4.57 Å². The van der Waals surface area contributed by atoms with Crippen molar-refractivity contribution in [2.75, 3.05) is 20.3 Å². The molecule has 0 aromatic rings. The largest absolute Gasteiger partial charge is 0.472 e. The number of allylic oxidation sites excluding steroid dienone is 10. The molecule has 0 saturated heterocycles. The molecule has 9 heteroatoms. The van der Waals surface area contributed by atoms with Crippen LogP contribution in [0.5, 0.6) is 0 Å². The summed E-state index contributed by atoms with van der Waals surface area (Å²) in [7, 11) is -3.21. The van der Waals surface area contributed by atoms with E-state index in [0.29, 0.717) is 6.42 Å². The van der Waals surface area contributed by atoms with Crippen molar-refractivity contribution in [2.24, 2.45) is 0 Å². The summed E-state index contributed by atoms with van der Waals surface area (Å²) >= 11 is 0. The predicted molar refractivity (Wildman–Crippen MR) is 248 cm³/mol. The van der Waals surface area contributed by atoms with E-state index in [2.05, 4.69) is 79.1 Å². The Labute approximate surface area is 362 Å². The highest BCUT2D eigenvalue weighted by Crippen LogP contribution is 2.42. The third kappa shape index (κ3) is 45.1. The van der Waals surface area contributed by atoms with Gasteiger partial charge in [-0.3, -0.25) is 18.6 Å². The van der Waals surface area contributed by atoms with E-state index in [1.54, 1.807) is 0 Å². The maximum Gasteiger partial charge on any atom is 0.472 e. The number of phosphoric ester groups is 1. The van der Waals surface area contributed by atoms with E-state index in [1.807, 2.05) is 0 Å². The van der Waals surface area contributed by atoms with Crippen LogP contribution >= 0.6 is 7.82 Å². The quantitative estimate of drug-likeness (QED) is 0.0279. The second-order valence-corrected chi connectivity index (χ2v) is 17.4. The van der Waals surface area contributed by atoms with Crippen molar-refractivity contribution in [1.82, 2.24) is 0 Å². The van der Waals surface area contributed by atoms with Crippen molar-refractivity contribution >= 4 is 19.8 Å². The van der Waals surface area contributed by atoms with E-state index < -0.39 is 26.5 Å². The third-order valence-electron chi connectivity index (χ3n) is 10.2. The lowest BCUT2D eigenvalue weighted by molar-refractivity contribution is -0.161. The highest BCUT2D eigenvalue weighted by Gasteiger charge is 2.24. The van der Waals surface area contributed by atoms with E-state index in [9.17, 15) is 19.0 Å². The average Bonchev–Trinajstić information content (AvgIpc) is 3.23. The summed E-state index contributed by atoms with van der Waals surface area (Å²) in [6.07, 6.45) is 57.0. The summed E-state index contributed by atoms with van der Waals surface area (Å²) in [6.45, 7) is 3.85. The molecule has 342 valence electrons. The Hall–Kier alpha value is -2.25. The van der Waals surface area contributed by atoms with Crippen molar-refractivity contribution < 1.29 is 37.6 Å². The zero-order valence-electron chi connectivity index (χ0n) is 38.1. The van der Waals surface area contributed by atoms with Crippen LogP contribution in [0.25, 0.3) is 0 Å². The zero-order valence-corrected chi connectivity index (χ0v) is 39.0. The van der Waals surface area contributed by atoms with Crippen LogP contribution in [0.1, 0.15) is 219 Å². The lowest BCUT2D eigenvalue weighted by atomic mass is 10.1. The summed E-state index contributed by atoms with van der Waals surface area (Å²) in [5.74, 6) is -0.822. The maximum atomic E-state index is 12.5. The summed E-state index contributed by atoms with van der Waals surface area (Å²) in [5.41, 5.74) is 0. The van der Waals surface area contributed by atoms with E-state index in [1.165, 1.54) is 109 Å². The van der Waals surface area contributed by atoms with Crippen molar-refractivity contribution in [3.8, 4) is 0 Å². The van der Waals surface area contributed by atoms with Crippen LogP contribution in [0.3, 0.4) is 0 Å². The van der Waals surface area contributed by atoms with Gasteiger partial charge in [0.1, 0.15) is 6.61 Å². The van der Waals surface area contributed by atoms with Crippen molar-refractivity contribution in [3.05, 3.63) is 60.8 Å². The first-order chi connectivity index (χ1) is 28.8. The van der Waals surface area contributed by atoms with Gasteiger partial charge in [0, 0.05) is 20.0 Å². The van der Waals surface area contributed by atoms with Crippen molar-refractivity contribution in [3.63, 3.8) is 0 Å². The lowest BCUT2D eigenvalue weighted by Gasteiger charge is -2.19. The molecule has 2 atom stereocenters. The molecule has 0 fully saturated rings. The smallest absolute Gasteiger partial charge is 0.462 e. The molecule has 0 amide bonds. The maximum absolute atomic E-state index is 12.5. The van der Waals surface area contributed by atoms with Gasteiger partial charge < -0.3 is 14.4 Å². The molecule has 0 aliphatic rings. The summed E-state index contributed by atoms with van der Waals surface area (Å²) in [4.78, 5) is 34.6. The Morgan fingerprint density at radius 1 is 0.475 bits per heavy atom. The molecular formula is C50H89O8P. The van der Waals surface area contributed by atoms with E-state index in [-0.39, 0.29) is 25.4 Å². The highest BCUT2D eigenvalue weighted by molar-refractivity contribution is 7.47. The first kappa shape index (κ1) is 56.8. The number of carbonyl (C=O) groups is 2. The van der Waals surface area contributed by atoms with Gasteiger partial charge in [-0.15, -0.1) is 0 Å². The van der Waals surface area contributed by atoms with Gasteiger partial charge in [0.2, 0.25) is 0 Å². The molecule has 8 nitrogen and oxygen atoms in total. The molecular weight excluding hydrogens is 760 g/mol. The summed E-state index contributed by atoms with van der Waals surface area (Å²) < 4.78 is 32.1. The number of esters is 2. The molecule has 0 spiro atoms. The van der Waals surface area contributed by atoms with Crippen molar-refractivity contribution in [1.29, 1.82) is 0 Å². The van der Waals surface area contributed by atoms with Crippen LogP contribution in [-0.2, 0) is 32.7 Å². The van der Waals surface area contributed by atoms with Crippen molar-refractivity contribution in [2.45, 2.75) is 225 Å². The minimum Gasteiger partial charge on any atom is -0.462 e. The Bertz CT molecular complexity index is 1140. The molecule has 2 unspecified atom stereocenters. The molecule has 0 bridgehead atoms. The second-order valence-electron chi connectivity index (χ2n) is 15.9. The number of unbranched alkanes of at least 4 members (excludes halogenated alkanes) is 23. The fraction of sp³-hybridized carbons (Fsp3) is 0.760. The molecule has 0 aromatic heterocycles. The number of hydrogen-bond donors (Lipinski definition) is 1. The monoisotopic (exact) mass is 849 g/mol. The topological polar surface area (TPSA) is 108 Å².